The lowest BCUT2D eigenvalue weighted by Gasteiger charge is -2.29. The third kappa shape index (κ3) is 3.96. The Morgan fingerprint density at radius 3 is 2.09 bits per heavy atom. The van der Waals surface area contributed by atoms with E-state index in [4.69, 9.17) is 9.47 Å². The Labute approximate surface area is 196 Å². The maximum atomic E-state index is 13.2. The van der Waals surface area contributed by atoms with Crippen LogP contribution in [0, 0.1) is 0 Å². The van der Waals surface area contributed by atoms with Crippen LogP contribution in [-0.2, 0) is 19.1 Å². The molecule has 4 rings (SSSR count). The molecule has 0 spiro atoms. The molecule has 0 fully saturated rings. The van der Waals surface area contributed by atoms with Crippen LogP contribution in [-0.4, -0.2) is 53.9 Å². The molecule has 1 N–H and O–H groups in total. The summed E-state index contributed by atoms with van der Waals surface area (Å²) in [5.74, 6) is -2.94. The van der Waals surface area contributed by atoms with Gasteiger partial charge >= 0.3 is 11.9 Å². The number of aromatic nitrogens is 1. The number of allylic oxidation sites excluding steroid dienone is 2. The number of amides is 2. The van der Waals surface area contributed by atoms with Gasteiger partial charge in [0.2, 0.25) is 0 Å². The molecule has 1 aromatic carbocycles. The number of hydrogen-bond donors (Lipinski definition) is 1. The number of benzene rings is 1. The molecule has 9 nitrogen and oxygen atoms in total. The van der Waals surface area contributed by atoms with Crippen molar-refractivity contribution in [2.45, 2.75) is 19.8 Å². The summed E-state index contributed by atoms with van der Waals surface area (Å²) in [7, 11) is 1.27. The molecule has 2 aliphatic rings. The number of dihydropyridines is 1. The van der Waals surface area contributed by atoms with Crippen molar-refractivity contribution in [3.05, 3.63) is 88.0 Å². The van der Waals surface area contributed by atoms with E-state index in [1.54, 1.807) is 62.5 Å². The highest BCUT2D eigenvalue weighted by Gasteiger charge is 2.39. The number of hydrogen-bond acceptors (Lipinski definition) is 8. The number of nitrogens with one attached hydrogen (secondary N) is 1. The Morgan fingerprint density at radius 2 is 1.53 bits per heavy atom. The van der Waals surface area contributed by atoms with Gasteiger partial charge in [0.1, 0.15) is 6.61 Å². The molecule has 1 aromatic heterocycles. The lowest BCUT2D eigenvalue weighted by Crippen LogP contribution is -2.35. The Hall–Kier alpha value is -4.27. The van der Waals surface area contributed by atoms with Crippen molar-refractivity contribution in [3.8, 4) is 0 Å². The second-order valence-electron chi connectivity index (χ2n) is 7.82. The molecule has 0 saturated heterocycles. The molecule has 0 saturated carbocycles. The van der Waals surface area contributed by atoms with Gasteiger partial charge in [0.05, 0.1) is 47.5 Å². The van der Waals surface area contributed by atoms with Crippen molar-refractivity contribution < 1.29 is 28.7 Å². The highest BCUT2D eigenvalue weighted by Crippen LogP contribution is 2.38. The topological polar surface area (TPSA) is 115 Å². The zero-order valence-electron chi connectivity index (χ0n) is 19.0. The van der Waals surface area contributed by atoms with Gasteiger partial charge in [-0.15, -0.1) is 0 Å². The highest BCUT2D eigenvalue weighted by molar-refractivity contribution is 6.21. The van der Waals surface area contributed by atoms with Crippen molar-refractivity contribution in [1.29, 1.82) is 0 Å². The molecule has 0 unspecified atom stereocenters. The molecule has 2 aromatic rings. The average Bonchev–Trinajstić information content (AvgIpc) is 3.08. The van der Waals surface area contributed by atoms with Crippen LogP contribution in [0.4, 0.5) is 0 Å². The lowest BCUT2D eigenvalue weighted by molar-refractivity contribution is -0.139. The Kier molecular flexibility index (Phi) is 6.27. The predicted molar refractivity (Wildman–Crippen MR) is 120 cm³/mol. The molecule has 3 heterocycles. The van der Waals surface area contributed by atoms with E-state index in [1.165, 1.54) is 7.11 Å². The van der Waals surface area contributed by atoms with Crippen LogP contribution < -0.4 is 5.32 Å². The molecule has 34 heavy (non-hydrogen) atoms. The second kappa shape index (κ2) is 9.30. The first-order valence-corrected chi connectivity index (χ1v) is 10.6. The number of carbonyl (C=O) groups is 4. The standard InChI is InChI=1S/C25H23N3O6/c1-14-19(24(31)33-3)21(18-10-6-7-11-26-18)20(15(2)27-14)25(32)34-13-12-28-22(29)16-8-4-5-9-17(16)23(28)30/h4-11,21,27H,12-13H2,1-3H3/t21-/m0/s1. The second-order valence-corrected chi connectivity index (χ2v) is 7.82. The van der Waals surface area contributed by atoms with E-state index >= 15 is 0 Å². The fourth-order valence-corrected chi connectivity index (χ4v) is 4.24. The largest absolute Gasteiger partial charge is 0.466 e. The summed E-state index contributed by atoms with van der Waals surface area (Å²) in [5.41, 5.74) is 2.63. The van der Waals surface area contributed by atoms with Crippen LogP contribution in [0.2, 0.25) is 0 Å². The van der Waals surface area contributed by atoms with E-state index in [-0.39, 0.29) is 24.3 Å². The van der Waals surface area contributed by atoms with Gasteiger partial charge in [-0.2, -0.15) is 0 Å². The minimum Gasteiger partial charge on any atom is -0.466 e. The summed E-state index contributed by atoms with van der Waals surface area (Å²) >= 11 is 0. The van der Waals surface area contributed by atoms with E-state index in [1.807, 2.05) is 0 Å². The van der Waals surface area contributed by atoms with Crippen molar-refractivity contribution in [3.63, 3.8) is 0 Å². The van der Waals surface area contributed by atoms with Crippen LogP contribution >= 0.6 is 0 Å². The Morgan fingerprint density at radius 1 is 0.941 bits per heavy atom. The van der Waals surface area contributed by atoms with Gasteiger partial charge in [0.25, 0.3) is 11.8 Å². The molecular weight excluding hydrogens is 438 g/mol. The first-order chi connectivity index (χ1) is 16.3. The molecular formula is C25H23N3O6. The monoisotopic (exact) mass is 461 g/mol. The van der Waals surface area contributed by atoms with Crippen LogP contribution in [0.15, 0.2) is 71.2 Å². The summed E-state index contributed by atoms with van der Waals surface area (Å²) in [6.45, 7) is 3.13. The number of fused-ring (bicyclic) bond motifs is 1. The highest BCUT2D eigenvalue weighted by atomic mass is 16.5. The summed E-state index contributed by atoms with van der Waals surface area (Å²) < 4.78 is 10.4. The number of methoxy groups -OCH3 is 1. The van der Waals surface area contributed by atoms with Crippen molar-refractivity contribution >= 4 is 23.8 Å². The molecule has 174 valence electrons. The molecule has 9 heteroatoms. The molecule has 0 radical (unpaired) electrons. The van der Waals surface area contributed by atoms with Gasteiger partial charge in [-0.3, -0.25) is 19.5 Å². The number of pyridine rings is 1. The molecule has 2 aliphatic heterocycles. The maximum absolute atomic E-state index is 13.2. The van der Waals surface area contributed by atoms with E-state index < -0.39 is 29.7 Å². The fourth-order valence-electron chi connectivity index (χ4n) is 4.24. The van der Waals surface area contributed by atoms with Crippen LogP contribution in [0.5, 0.6) is 0 Å². The van der Waals surface area contributed by atoms with E-state index in [2.05, 4.69) is 10.3 Å². The summed E-state index contributed by atoms with van der Waals surface area (Å²) in [6.07, 6.45) is 1.57. The first kappa shape index (κ1) is 22.9. The Balaban J connectivity index is 1.55. The number of nitrogens with zero attached hydrogens (tertiary/aromatic N) is 2. The first-order valence-electron chi connectivity index (χ1n) is 10.6. The number of rotatable bonds is 6. The molecule has 0 bridgehead atoms. The van der Waals surface area contributed by atoms with Gasteiger partial charge in [-0.25, -0.2) is 9.59 Å². The zero-order valence-corrected chi connectivity index (χ0v) is 19.0. The summed E-state index contributed by atoms with van der Waals surface area (Å²) in [6, 6.07) is 11.8. The summed E-state index contributed by atoms with van der Waals surface area (Å²) in [5, 5.41) is 3.04. The van der Waals surface area contributed by atoms with Crippen molar-refractivity contribution in [2.24, 2.45) is 0 Å². The van der Waals surface area contributed by atoms with E-state index in [9.17, 15) is 19.2 Å². The van der Waals surface area contributed by atoms with Crippen molar-refractivity contribution in [2.75, 3.05) is 20.3 Å². The predicted octanol–water partition coefficient (Wildman–Crippen LogP) is 2.33. The Bertz CT molecular complexity index is 1210. The third-order valence-corrected chi connectivity index (χ3v) is 5.80. The van der Waals surface area contributed by atoms with E-state index in [0.717, 1.165) is 4.90 Å². The molecule has 2 amide bonds. The number of imide groups is 1. The van der Waals surface area contributed by atoms with Crippen LogP contribution in [0.1, 0.15) is 46.2 Å². The van der Waals surface area contributed by atoms with E-state index in [0.29, 0.717) is 28.2 Å². The number of esters is 2. The van der Waals surface area contributed by atoms with Gasteiger partial charge < -0.3 is 14.8 Å². The van der Waals surface area contributed by atoms with Crippen LogP contribution in [0.25, 0.3) is 0 Å². The SMILES string of the molecule is COC(=O)C1=C(C)NC(C)=C(C(=O)OCCN2C(=O)c3ccccc3C2=O)[C@H]1c1ccccn1. The smallest absolute Gasteiger partial charge is 0.336 e. The minimum atomic E-state index is -0.804. The van der Waals surface area contributed by atoms with Gasteiger partial charge in [0, 0.05) is 17.6 Å². The third-order valence-electron chi connectivity index (χ3n) is 5.80. The van der Waals surface area contributed by atoms with Gasteiger partial charge in [-0.1, -0.05) is 18.2 Å². The maximum Gasteiger partial charge on any atom is 0.336 e. The van der Waals surface area contributed by atoms with Crippen molar-refractivity contribution in [1.82, 2.24) is 15.2 Å². The molecule has 1 atom stereocenters. The average molecular weight is 461 g/mol. The number of carbonyl (C=O) groups excluding carboxylic acids is 4. The summed E-state index contributed by atoms with van der Waals surface area (Å²) in [4.78, 5) is 56.3. The minimum absolute atomic E-state index is 0.0924. The zero-order chi connectivity index (χ0) is 24.4. The number of ether oxygens (including phenoxy) is 2. The van der Waals surface area contributed by atoms with Gasteiger partial charge in [0.15, 0.2) is 0 Å². The van der Waals surface area contributed by atoms with Gasteiger partial charge in [-0.05, 0) is 38.1 Å². The molecule has 0 aliphatic carbocycles. The normalized spacial score (nSPS) is 17.5. The lowest BCUT2D eigenvalue weighted by atomic mass is 9.83. The quantitative estimate of drug-likeness (QED) is 0.515. The van der Waals surface area contributed by atoms with Crippen LogP contribution in [0.3, 0.4) is 0 Å². The fraction of sp³-hybridized carbons (Fsp3) is 0.240.